The van der Waals surface area contributed by atoms with Crippen LogP contribution < -0.4 is 0 Å². The van der Waals surface area contributed by atoms with E-state index in [1.54, 1.807) is 0 Å². The molecule has 0 bridgehead atoms. The molecular weight excluding hydrogens is 1050 g/mol. The molecule has 4 saturated heterocycles. The highest BCUT2D eigenvalue weighted by molar-refractivity contribution is 5.75. The first-order chi connectivity index (χ1) is 36.7. The van der Waals surface area contributed by atoms with E-state index < -0.39 is 164 Å². The number of carboxylic acid groups (broad SMARTS) is 4. The van der Waals surface area contributed by atoms with E-state index in [9.17, 15) is 85.6 Å². The monoisotopic (exact) mass is 1130 g/mol. The molecule has 0 amide bonds. The highest BCUT2D eigenvalue weighted by Crippen LogP contribution is 2.76. The van der Waals surface area contributed by atoms with Crippen molar-refractivity contribution in [1.29, 1.82) is 0 Å². The van der Waals surface area contributed by atoms with Crippen molar-refractivity contribution < 1.29 is 123 Å². The maximum absolute atomic E-state index is 12.7. The Kier molecular flexibility index (Phi) is 16.3. The molecule has 0 aromatic rings. The van der Waals surface area contributed by atoms with Gasteiger partial charge in [-0.15, -0.1) is 0 Å². The summed E-state index contributed by atoms with van der Waals surface area (Å²) in [6.45, 7) is 16.7. The summed E-state index contributed by atoms with van der Waals surface area (Å²) in [6, 6.07) is 0. The Balaban J connectivity index is 1.00. The second kappa shape index (κ2) is 21.2. The van der Waals surface area contributed by atoms with Crippen molar-refractivity contribution in [1.82, 2.24) is 0 Å². The molecule has 9 unspecified atom stereocenters. The number of aliphatic carboxylic acids is 4. The first kappa shape index (κ1) is 60.5. The van der Waals surface area contributed by atoms with Gasteiger partial charge in [-0.05, 0) is 123 Å². The summed E-state index contributed by atoms with van der Waals surface area (Å²) in [6.07, 6.45) is -33.1. The first-order valence-electron chi connectivity index (χ1n) is 27.7. The van der Waals surface area contributed by atoms with Gasteiger partial charge in [0.15, 0.2) is 43.5 Å². The summed E-state index contributed by atoms with van der Waals surface area (Å²) in [5, 5.41) is 140. The third kappa shape index (κ3) is 9.78. The minimum atomic E-state index is -2.40. The van der Waals surface area contributed by atoms with E-state index in [1.165, 1.54) is 12.5 Å². The van der Waals surface area contributed by atoms with Gasteiger partial charge in [-0.1, -0.05) is 53.2 Å². The van der Waals surface area contributed by atoms with Crippen LogP contribution >= 0.6 is 0 Å². The van der Waals surface area contributed by atoms with Gasteiger partial charge in [0.25, 0.3) is 0 Å². The van der Waals surface area contributed by atoms with Crippen LogP contribution in [0.5, 0.6) is 0 Å². The Morgan fingerprint density at radius 3 is 1.46 bits per heavy atom. The number of hydrogen-bond donors (Lipinski definition) is 13. The van der Waals surface area contributed by atoms with E-state index in [0.717, 1.165) is 38.5 Å². The van der Waals surface area contributed by atoms with Gasteiger partial charge in [0.1, 0.15) is 73.2 Å². The van der Waals surface area contributed by atoms with E-state index in [4.69, 9.17) is 37.9 Å². The summed E-state index contributed by atoms with van der Waals surface area (Å²) in [4.78, 5) is 50.2. The molecular formula is C54H82O25. The zero-order chi connectivity index (χ0) is 58.2. The van der Waals surface area contributed by atoms with Gasteiger partial charge < -0.3 is 104 Å². The predicted molar refractivity (Wildman–Crippen MR) is 263 cm³/mol. The van der Waals surface area contributed by atoms with Crippen molar-refractivity contribution in [3.8, 4) is 0 Å². The van der Waals surface area contributed by atoms with Crippen molar-refractivity contribution in [3.63, 3.8) is 0 Å². The Labute approximate surface area is 456 Å². The van der Waals surface area contributed by atoms with E-state index in [2.05, 4.69) is 33.8 Å². The maximum Gasteiger partial charge on any atom is 0.335 e. The normalized spacial score (nSPS) is 53.5. The van der Waals surface area contributed by atoms with Gasteiger partial charge in [-0.3, -0.25) is 4.79 Å². The lowest BCUT2D eigenvalue weighted by Crippen LogP contribution is -2.69. The van der Waals surface area contributed by atoms with E-state index in [-0.39, 0.29) is 39.4 Å². The zero-order valence-corrected chi connectivity index (χ0v) is 45.7. The average Bonchev–Trinajstić information content (AvgIpc) is 3.39. The first-order valence-corrected chi connectivity index (χ1v) is 27.7. The SMILES string of the molecule is C[C@@H]1O[C@@H](O[C@H]2[C@H](O[C@H]3[C@H](O[C@H]4[C@H](OC5CCC6(C)C(CCC7(C)C6CC=C6C8CC(C)(C(=O)O)CCC8(C)CCC67C)C5(C)C)O[C@H](C(=O)O)[C@@H](O)[C@@H]4O)O[C@H](C(=O)O)[C@H](O)[C@@H]3O)O[C@H](C(=O)O)[C@@H](O)[C@@H]2O)[C@H](O)[C@H](O)[C@H]1O. The molecule has 4 saturated carbocycles. The molecule has 25 nitrogen and oxygen atoms in total. The summed E-state index contributed by atoms with van der Waals surface area (Å²) >= 11 is 0. The van der Waals surface area contributed by atoms with Crippen LogP contribution in [0, 0.1) is 50.2 Å². The Morgan fingerprint density at radius 2 is 0.975 bits per heavy atom. The van der Waals surface area contributed by atoms with Gasteiger partial charge in [-0.2, -0.15) is 0 Å². The van der Waals surface area contributed by atoms with Crippen LogP contribution in [0.4, 0.5) is 0 Å². The quantitative estimate of drug-likeness (QED) is 0.0891. The Morgan fingerprint density at radius 1 is 0.506 bits per heavy atom. The number of aliphatic hydroxyl groups is 9. The lowest BCUT2D eigenvalue weighted by Gasteiger charge is -2.71. The molecule has 8 fully saturated rings. The highest BCUT2D eigenvalue weighted by Gasteiger charge is 2.69. The van der Waals surface area contributed by atoms with Gasteiger partial charge in [0, 0.05) is 0 Å². The summed E-state index contributed by atoms with van der Waals surface area (Å²) < 4.78 is 47.3. The molecule has 0 radical (unpaired) electrons. The predicted octanol–water partition coefficient (Wildman–Crippen LogP) is -0.165. The van der Waals surface area contributed by atoms with Crippen molar-refractivity contribution in [2.75, 3.05) is 0 Å². The largest absolute Gasteiger partial charge is 0.481 e. The van der Waals surface area contributed by atoms with Crippen LogP contribution in [-0.4, -0.2) is 219 Å². The Bertz CT molecular complexity index is 2350. The third-order valence-corrected chi connectivity index (χ3v) is 21.6. The van der Waals surface area contributed by atoms with Crippen molar-refractivity contribution in [3.05, 3.63) is 11.6 Å². The van der Waals surface area contributed by atoms with Crippen molar-refractivity contribution in [2.24, 2.45) is 50.2 Å². The molecule has 448 valence electrons. The molecule has 4 heterocycles. The topological polar surface area (TPSA) is 405 Å². The number of carboxylic acids is 4. The van der Waals surface area contributed by atoms with Crippen LogP contribution in [0.25, 0.3) is 0 Å². The number of rotatable bonds is 12. The summed E-state index contributed by atoms with van der Waals surface area (Å²) in [7, 11) is 0. The summed E-state index contributed by atoms with van der Waals surface area (Å²) in [5.41, 5.74) is -0.784. The lowest BCUT2D eigenvalue weighted by molar-refractivity contribution is -0.402. The molecule has 9 aliphatic rings. The average molecular weight is 1130 g/mol. The van der Waals surface area contributed by atoms with Gasteiger partial charge in [0.05, 0.1) is 17.6 Å². The minimum absolute atomic E-state index is 0.00149. The number of carbonyl (C=O) groups is 4. The molecule has 9 rings (SSSR count). The number of allylic oxidation sites excluding steroid dienone is 2. The zero-order valence-electron chi connectivity index (χ0n) is 45.7. The molecule has 5 aliphatic carbocycles. The highest BCUT2D eigenvalue weighted by atomic mass is 16.8. The molecule has 4 aliphatic heterocycles. The fourth-order valence-corrected chi connectivity index (χ4v) is 16.4. The standard InChI is InChI=1S/C54H82O25/c1-20-26(55)27(56)34(63)44(72-20)77-39-32(61)29(58)36(42(66)67)75-46(39)79-40-33(62)30(59)37(43(68)69)76-47(40)78-38-31(60)28(57)35(41(64)65)74-45(38)73-25-12-13-52(6)23(49(25,2)3)11-14-54(8)24(52)10-9-21-22-19-51(5,48(70)71)16-15-50(22,4)17-18-53(21,54)7/h9,20,22-40,44-47,55-63H,10-19H2,1-8H3,(H,64,65)(H,66,67)(H,68,69)(H,70,71)/t20-,22?,23?,24?,25?,26-,27+,28-,29-,30+,31-,32-,33-,34+,35-,36-,37-,38+,39+,40+,44-,45+,46-,47-,50?,51?,52?,53?,54?/m0/s1. The molecule has 13 N–H and O–H groups in total. The van der Waals surface area contributed by atoms with Gasteiger partial charge in [0.2, 0.25) is 0 Å². The van der Waals surface area contributed by atoms with Crippen LogP contribution in [0.15, 0.2) is 11.6 Å². The lowest BCUT2D eigenvalue weighted by atomic mass is 9.33. The smallest absolute Gasteiger partial charge is 0.335 e. The number of ether oxygens (including phenoxy) is 8. The van der Waals surface area contributed by atoms with Crippen LogP contribution in [-0.2, 0) is 57.1 Å². The van der Waals surface area contributed by atoms with Crippen LogP contribution in [0.3, 0.4) is 0 Å². The van der Waals surface area contributed by atoms with E-state index in [1.807, 2.05) is 20.8 Å². The molecule has 0 aromatic carbocycles. The van der Waals surface area contributed by atoms with Gasteiger partial charge in [-0.25, -0.2) is 14.4 Å². The number of aliphatic hydroxyl groups excluding tert-OH is 9. The van der Waals surface area contributed by atoms with E-state index >= 15 is 0 Å². The van der Waals surface area contributed by atoms with Crippen LogP contribution in [0.1, 0.15) is 120 Å². The van der Waals surface area contributed by atoms with Gasteiger partial charge >= 0.3 is 23.9 Å². The molecule has 0 spiro atoms. The van der Waals surface area contributed by atoms with Crippen molar-refractivity contribution >= 4 is 23.9 Å². The fourth-order valence-electron chi connectivity index (χ4n) is 16.4. The second-order valence-electron chi connectivity index (χ2n) is 26.3. The van der Waals surface area contributed by atoms with Crippen molar-refractivity contribution in [2.45, 2.75) is 249 Å². The molecule has 0 aromatic heterocycles. The minimum Gasteiger partial charge on any atom is -0.481 e. The third-order valence-electron chi connectivity index (χ3n) is 21.6. The molecule has 25 heteroatoms. The maximum atomic E-state index is 12.7. The molecule has 79 heavy (non-hydrogen) atoms. The van der Waals surface area contributed by atoms with E-state index in [0.29, 0.717) is 25.7 Å². The van der Waals surface area contributed by atoms with Crippen LogP contribution in [0.2, 0.25) is 0 Å². The molecule has 29 atom stereocenters. The number of fused-ring (bicyclic) bond motifs is 7. The fraction of sp³-hybridized carbons (Fsp3) is 0.889. The Hall–Kier alpha value is -3.06. The second-order valence-corrected chi connectivity index (χ2v) is 26.3. The number of hydrogen-bond acceptors (Lipinski definition) is 21. The summed E-state index contributed by atoms with van der Waals surface area (Å²) in [5.74, 6) is -5.83.